The van der Waals surface area contributed by atoms with Crippen molar-refractivity contribution in [2.24, 2.45) is 4.99 Å². The van der Waals surface area contributed by atoms with Crippen molar-refractivity contribution in [2.45, 2.75) is 23.8 Å². The predicted molar refractivity (Wildman–Crippen MR) is 98.3 cm³/mol. The molecule has 0 saturated carbocycles. The zero-order chi connectivity index (χ0) is 16.4. The van der Waals surface area contributed by atoms with Crippen molar-refractivity contribution in [3.63, 3.8) is 0 Å². The van der Waals surface area contributed by atoms with Gasteiger partial charge < -0.3 is 4.90 Å². The highest BCUT2D eigenvalue weighted by Crippen LogP contribution is 2.34. The fourth-order valence-electron chi connectivity index (χ4n) is 2.67. The Balaban J connectivity index is 1.93. The van der Waals surface area contributed by atoms with E-state index in [9.17, 15) is 0 Å². The van der Waals surface area contributed by atoms with Gasteiger partial charge in [-0.3, -0.25) is 4.99 Å². The van der Waals surface area contributed by atoms with Gasteiger partial charge in [0.25, 0.3) is 0 Å². The Morgan fingerprint density at radius 3 is 2.74 bits per heavy atom. The maximum Gasteiger partial charge on any atom is 0.119 e. The first-order chi connectivity index (χ1) is 11.1. The SMILES string of the molecule is CC1=C(c2ccc(Sc3ncccc3Cl)cc2C)N(C)CN=C1. The molecule has 118 valence electrons. The summed E-state index contributed by atoms with van der Waals surface area (Å²) >= 11 is 7.78. The van der Waals surface area contributed by atoms with Gasteiger partial charge in [0.2, 0.25) is 0 Å². The number of aryl methyl sites for hydroxylation is 1. The number of nitrogens with zero attached hydrogens (tertiary/aromatic N) is 3. The van der Waals surface area contributed by atoms with Crippen LogP contribution in [0.1, 0.15) is 18.1 Å². The summed E-state index contributed by atoms with van der Waals surface area (Å²) in [7, 11) is 2.07. The fourth-order valence-corrected chi connectivity index (χ4v) is 3.79. The standard InChI is InChI=1S/C18H18ClN3S/c1-12-9-14(23-18-16(19)5-4-8-21-18)6-7-15(12)17-13(2)10-20-11-22(17)3/h4-10H,11H2,1-3H3. The Kier molecular flexibility index (Phi) is 4.74. The molecule has 0 aliphatic carbocycles. The van der Waals surface area contributed by atoms with Gasteiger partial charge in [-0.1, -0.05) is 29.4 Å². The van der Waals surface area contributed by atoms with E-state index in [2.05, 4.69) is 54.0 Å². The number of halogens is 1. The van der Waals surface area contributed by atoms with Crippen molar-refractivity contribution < 1.29 is 0 Å². The van der Waals surface area contributed by atoms with Crippen LogP contribution in [0.2, 0.25) is 5.02 Å². The van der Waals surface area contributed by atoms with Crippen molar-refractivity contribution in [3.8, 4) is 0 Å². The Morgan fingerprint density at radius 1 is 1.22 bits per heavy atom. The van der Waals surface area contributed by atoms with Crippen LogP contribution in [0.4, 0.5) is 0 Å². The van der Waals surface area contributed by atoms with Gasteiger partial charge in [0, 0.05) is 35.6 Å². The molecule has 2 aromatic rings. The molecule has 3 nitrogen and oxygen atoms in total. The van der Waals surface area contributed by atoms with Gasteiger partial charge in [-0.05, 0) is 49.2 Å². The maximum absolute atomic E-state index is 6.19. The minimum Gasteiger partial charge on any atom is -0.355 e. The Bertz CT molecular complexity index is 799. The number of rotatable bonds is 3. The summed E-state index contributed by atoms with van der Waals surface area (Å²) in [6, 6.07) is 10.2. The molecule has 1 aromatic heterocycles. The van der Waals surface area contributed by atoms with Crippen molar-refractivity contribution in [1.29, 1.82) is 0 Å². The van der Waals surface area contributed by atoms with Crippen LogP contribution in [0, 0.1) is 6.92 Å². The molecule has 2 heterocycles. The van der Waals surface area contributed by atoms with Crippen LogP contribution in [0.25, 0.3) is 5.70 Å². The van der Waals surface area contributed by atoms with Crippen molar-refractivity contribution >= 4 is 35.3 Å². The van der Waals surface area contributed by atoms with E-state index < -0.39 is 0 Å². The first kappa shape index (κ1) is 16.1. The zero-order valence-electron chi connectivity index (χ0n) is 13.4. The molecule has 5 heteroatoms. The Hall–Kier alpha value is -1.78. The Morgan fingerprint density at radius 2 is 2.04 bits per heavy atom. The normalized spacial score (nSPS) is 14.5. The summed E-state index contributed by atoms with van der Waals surface area (Å²) in [6.07, 6.45) is 3.71. The highest BCUT2D eigenvalue weighted by molar-refractivity contribution is 7.99. The van der Waals surface area contributed by atoms with Crippen molar-refractivity contribution in [2.75, 3.05) is 13.7 Å². The van der Waals surface area contributed by atoms with Gasteiger partial charge >= 0.3 is 0 Å². The van der Waals surface area contributed by atoms with E-state index in [0.29, 0.717) is 11.7 Å². The second-order valence-electron chi connectivity index (χ2n) is 5.55. The highest BCUT2D eigenvalue weighted by atomic mass is 35.5. The lowest BCUT2D eigenvalue weighted by molar-refractivity contribution is 0.491. The van der Waals surface area contributed by atoms with Crippen LogP contribution in [0.5, 0.6) is 0 Å². The van der Waals surface area contributed by atoms with Crippen LogP contribution < -0.4 is 0 Å². The topological polar surface area (TPSA) is 28.5 Å². The average Bonchev–Trinajstić information content (AvgIpc) is 2.51. The molecule has 0 atom stereocenters. The molecule has 3 rings (SSSR count). The van der Waals surface area contributed by atoms with Crippen molar-refractivity contribution in [1.82, 2.24) is 9.88 Å². The fraction of sp³-hybridized carbons (Fsp3) is 0.222. The molecule has 0 saturated heterocycles. The van der Waals surface area contributed by atoms with Crippen LogP contribution in [-0.4, -0.2) is 29.8 Å². The molecule has 0 unspecified atom stereocenters. The number of aliphatic imine (C=N–C) groups is 1. The zero-order valence-corrected chi connectivity index (χ0v) is 14.9. The van der Waals surface area contributed by atoms with Gasteiger partial charge in [-0.2, -0.15) is 0 Å². The maximum atomic E-state index is 6.19. The third-order valence-corrected chi connectivity index (χ3v) is 5.15. The van der Waals surface area contributed by atoms with Crippen LogP contribution in [0.3, 0.4) is 0 Å². The van der Waals surface area contributed by atoms with Gasteiger partial charge in [-0.25, -0.2) is 4.98 Å². The summed E-state index contributed by atoms with van der Waals surface area (Å²) in [5.41, 5.74) is 4.91. The third-order valence-electron chi connectivity index (χ3n) is 3.73. The summed E-state index contributed by atoms with van der Waals surface area (Å²) in [5, 5.41) is 1.51. The van der Waals surface area contributed by atoms with E-state index in [1.807, 2.05) is 18.3 Å². The first-order valence-corrected chi connectivity index (χ1v) is 8.57. The van der Waals surface area contributed by atoms with Crippen LogP contribution in [-0.2, 0) is 0 Å². The smallest absolute Gasteiger partial charge is 0.119 e. The van der Waals surface area contributed by atoms with Gasteiger partial charge in [0.15, 0.2) is 0 Å². The average molecular weight is 344 g/mol. The second-order valence-corrected chi connectivity index (χ2v) is 7.02. The number of hydrogen-bond acceptors (Lipinski definition) is 4. The first-order valence-electron chi connectivity index (χ1n) is 7.37. The second kappa shape index (κ2) is 6.77. The number of aromatic nitrogens is 1. The molecule has 1 aliphatic rings. The molecule has 0 bridgehead atoms. The van der Waals surface area contributed by atoms with E-state index in [1.54, 1.807) is 18.0 Å². The summed E-state index contributed by atoms with van der Waals surface area (Å²) in [6.45, 7) is 4.94. The van der Waals surface area contributed by atoms with E-state index in [1.165, 1.54) is 22.4 Å². The molecule has 0 radical (unpaired) electrons. The minimum absolute atomic E-state index is 0.681. The number of allylic oxidation sites excluding steroid dienone is 1. The summed E-state index contributed by atoms with van der Waals surface area (Å²) < 4.78 is 0. The van der Waals surface area contributed by atoms with E-state index in [0.717, 1.165) is 9.92 Å². The van der Waals surface area contributed by atoms with Gasteiger partial charge in [0.1, 0.15) is 11.7 Å². The molecule has 0 N–H and O–H groups in total. The minimum atomic E-state index is 0.681. The van der Waals surface area contributed by atoms with Gasteiger partial charge in [-0.15, -0.1) is 0 Å². The van der Waals surface area contributed by atoms with Crippen LogP contribution in [0.15, 0.2) is 57.0 Å². The molecule has 1 aromatic carbocycles. The van der Waals surface area contributed by atoms with Crippen molar-refractivity contribution in [3.05, 3.63) is 58.3 Å². The number of benzene rings is 1. The Labute approximate surface area is 146 Å². The molecule has 0 fully saturated rings. The lowest BCUT2D eigenvalue weighted by Gasteiger charge is -2.27. The number of hydrogen-bond donors (Lipinski definition) is 0. The van der Waals surface area contributed by atoms with Crippen LogP contribution >= 0.6 is 23.4 Å². The molecular weight excluding hydrogens is 326 g/mol. The predicted octanol–water partition coefficient (Wildman–Crippen LogP) is 4.90. The van der Waals surface area contributed by atoms with E-state index >= 15 is 0 Å². The summed E-state index contributed by atoms with van der Waals surface area (Å²) in [5.74, 6) is 0. The lowest BCUT2D eigenvalue weighted by atomic mass is 10.0. The molecule has 0 amide bonds. The summed E-state index contributed by atoms with van der Waals surface area (Å²) in [4.78, 5) is 12.0. The van der Waals surface area contributed by atoms with Gasteiger partial charge in [0.05, 0.1) is 5.02 Å². The molecular formula is C18H18ClN3S. The highest BCUT2D eigenvalue weighted by Gasteiger charge is 2.16. The third kappa shape index (κ3) is 3.43. The molecule has 23 heavy (non-hydrogen) atoms. The monoisotopic (exact) mass is 343 g/mol. The lowest BCUT2D eigenvalue weighted by Crippen LogP contribution is -2.22. The molecule has 0 spiro atoms. The molecule has 1 aliphatic heterocycles. The largest absolute Gasteiger partial charge is 0.355 e. The quantitative estimate of drug-likeness (QED) is 0.793. The van der Waals surface area contributed by atoms with E-state index in [-0.39, 0.29) is 0 Å². The van der Waals surface area contributed by atoms with E-state index in [4.69, 9.17) is 11.6 Å². The number of pyridine rings is 1.